The molecule has 2 amide bonds. The molecule has 1 heterocycles. The number of carboxylic acids is 1. The van der Waals surface area contributed by atoms with Gasteiger partial charge in [-0.05, 0) is 19.3 Å². The van der Waals surface area contributed by atoms with Gasteiger partial charge in [-0.1, -0.05) is 12.8 Å². The van der Waals surface area contributed by atoms with Gasteiger partial charge in [0.25, 0.3) is 0 Å². The van der Waals surface area contributed by atoms with Crippen LogP contribution in [-0.4, -0.2) is 32.9 Å². The number of nitrogens with one attached hydrogen (secondary N) is 2. The molecule has 3 N–H and O–H groups in total. The van der Waals surface area contributed by atoms with E-state index in [-0.39, 0.29) is 18.6 Å². The van der Waals surface area contributed by atoms with Crippen molar-refractivity contribution in [3.63, 3.8) is 0 Å². The quantitative estimate of drug-likeness (QED) is 0.722. The highest BCUT2D eigenvalue weighted by atomic mass is 16.4. The fourth-order valence-electron chi connectivity index (χ4n) is 1.96. The number of amides is 2. The second-order valence-corrected chi connectivity index (χ2v) is 5.00. The standard InChI is InChI=1S/C12H18N4O3/c1-8(4-9-2-3-9)14-12(19)15-10-5-13-16(6-10)7-11(17)18/h5-6,8-9H,2-4,7H2,1H3,(H,17,18)(H2,14,15,19). The first kappa shape index (κ1) is 13.4. The SMILES string of the molecule is CC(CC1CC1)NC(=O)Nc1cnn(CC(=O)O)c1. The third-order valence-corrected chi connectivity index (χ3v) is 2.95. The zero-order valence-electron chi connectivity index (χ0n) is 10.8. The van der Waals surface area contributed by atoms with Gasteiger partial charge in [0, 0.05) is 12.2 Å². The molecule has 0 aliphatic heterocycles. The Bertz CT molecular complexity index is 467. The van der Waals surface area contributed by atoms with Crippen LogP contribution in [0.5, 0.6) is 0 Å². The fourth-order valence-corrected chi connectivity index (χ4v) is 1.96. The van der Waals surface area contributed by atoms with Gasteiger partial charge >= 0.3 is 12.0 Å². The minimum atomic E-state index is -0.975. The first-order chi connectivity index (χ1) is 9.02. The van der Waals surface area contributed by atoms with Crippen LogP contribution in [0, 0.1) is 5.92 Å². The fraction of sp³-hybridized carbons (Fsp3) is 0.583. The molecule has 1 aliphatic rings. The highest BCUT2D eigenvalue weighted by Gasteiger charge is 2.24. The Kier molecular flexibility index (Phi) is 4.03. The van der Waals surface area contributed by atoms with Crippen molar-refractivity contribution >= 4 is 17.7 Å². The van der Waals surface area contributed by atoms with E-state index >= 15 is 0 Å². The van der Waals surface area contributed by atoms with Crippen molar-refractivity contribution in [1.82, 2.24) is 15.1 Å². The predicted molar refractivity (Wildman–Crippen MR) is 68.8 cm³/mol. The molecule has 1 aliphatic carbocycles. The van der Waals surface area contributed by atoms with E-state index < -0.39 is 5.97 Å². The number of aromatic nitrogens is 2. The molecule has 0 saturated heterocycles. The van der Waals surface area contributed by atoms with Crippen LogP contribution < -0.4 is 10.6 Å². The number of hydrogen-bond acceptors (Lipinski definition) is 3. The number of nitrogens with zero attached hydrogens (tertiary/aromatic N) is 2. The van der Waals surface area contributed by atoms with Crippen molar-refractivity contribution in [2.45, 2.75) is 38.8 Å². The lowest BCUT2D eigenvalue weighted by molar-refractivity contribution is -0.137. The molecule has 104 valence electrons. The van der Waals surface area contributed by atoms with Crippen LogP contribution in [0.2, 0.25) is 0 Å². The minimum Gasteiger partial charge on any atom is -0.480 e. The van der Waals surface area contributed by atoms with E-state index in [0.29, 0.717) is 5.69 Å². The lowest BCUT2D eigenvalue weighted by atomic mass is 10.2. The highest BCUT2D eigenvalue weighted by molar-refractivity contribution is 5.89. The van der Waals surface area contributed by atoms with Gasteiger partial charge in [-0.15, -0.1) is 0 Å². The van der Waals surface area contributed by atoms with E-state index in [0.717, 1.165) is 12.3 Å². The Morgan fingerprint density at radius 2 is 2.32 bits per heavy atom. The zero-order chi connectivity index (χ0) is 13.8. The summed E-state index contributed by atoms with van der Waals surface area (Å²) in [5, 5.41) is 17.9. The summed E-state index contributed by atoms with van der Waals surface area (Å²) in [6.45, 7) is 1.76. The normalized spacial score (nSPS) is 15.8. The zero-order valence-corrected chi connectivity index (χ0v) is 10.8. The maximum Gasteiger partial charge on any atom is 0.325 e. The summed E-state index contributed by atoms with van der Waals surface area (Å²) in [5.41, 5.74) is 0.484. The van der Waals surface area contributed by atoms with Crippen molar-refractivity contribution < 1.29 is 14.7 Å². The third kappa shape index (κ3) is 4.61. The van der Waals surface area contributed by atoms with Crippen LogP contribution in [-0.2, 0) is 11.3 Å². The van der Waals surface area contributed by atoms with Gasteiger partial charge in [0.15, 0.2) is 0 Å². The average molecular weight is 266 g/mol. The van der Waals surface area contributed by atoms with E-state index in [4.69, 9.17) is 5.11 Å². The Labute approximate surface area is 111 Å². The van der Waals surface area contributed by atoms with E-state index in [9.17, 15) is 9.59 Å². The van der Waals surface area contributed by atoms with Gasteiger partial charge in [0.2, 0.25) is 0 Å². The molecule has 0 bridgehead atoms. The Balaban J connectivity index is 1.77. The predicted octanol–water partition coefficient (Wildman–Crippen LogP) is 1.28. The first-order valence-electron chi connectivity index (χ1n) is 6.34. The van der Waals surface area contributed by atoms with E-state index in [1.54, 1.807) is 0 Å². The summed E-state index contributed by atoms with van der Waals surface area (Å²) >= 11 is 0. The average Bonchev–Trinajstić information content (AvgIpc) is 2.98. The van der Waals surface area contributed by atoms with Gasteiger partial charge in [-0.3, -0.25) is 9.48 Å². The summed E-state index contributed by atoms with van der Waals surface area (Å²) in [4.78, 5) is 22.2. The van der Waals surface area contributed by atoms with Gasteiger partial charge in [0.1, 0.15) is 6.54 Å². The maximum absolute atomic E-state index is 11.7. The molecule has 1 atom stereocenters. The molecule has 1 fully saturated rings. The molecule has 7 nitrogen and oxygen atoms in total. The number of urea groups is 1. The second kappa shape index (κ2) is 5.73. The van der Waals surface area contributed by atoms with E-state index in [2.05, 4.69) is 15.7 Å². The summed E-state index contributed by atoms with van der Waals surface area (Å²) in [6, 6.07) is -0.149. The smallest absolute Gasteiger partial charge is 0.325 e. The van der Waals surface area contributed by atoms with Crippen molar-refractivity contribution in [1.29, 1.82) is 0 Å². The molecule has 7 heteroatoms. The van der Waals surface area contributed by atoms with Crippen LogP contribution in [0.1, 0.15) is 26.2 Å². The molecule has 1 aromatic heterocycles. The lowest BCUT2D eigenvalue weighted by Crippen LogP contribution is -2.36. The number of carbonyl (C=O) groups is 2. The first-order valence-corrected chi connectivity index (χ1v) is 6.34. The number of carbonyl (C=O) groups excluding carboxylic acids is 1. The third-order valence-electron chi connectivity index (χ3n) is 2.95. The topological polar surface area (TPSA) is 96.3 Å². The summed E-state index contributed by atoms with van der Waals surface area (Å²) in [5.74, 6) is -0.217. The number of anilines is 1. The molecule has 0 radical (unpaired) electrons. The highest BCUT2D eigenvalue weighted by Crippen LogP contribution is 2.33. The second-order valence-electron chi connectivity index (χ2n) is 5.00. The van der Waals surface area contributed by atoms with Gasteiger partial charge in [-0.2, -0.15) is 5.10 Å². The molecule has 1 aromatic rings. The number of rotatable bonds is 6. The molecule has 2 rings (SSSR count). The van der Waals surface area contributed by atoms with Crippen LogP contribution in [0.25, 0.3) is 0 Å². The van der Waals surface area contributed by atoms with Gasteiger partial charge in [0.05, 0.1) is 11.9 Å². The maximum atomic E-state index is 11.7. The molecule has 1 unspecified atom stereocenters. The van der Waals surface area contributed by atoms with Crippen LogP contribution in [0.15, 0.2) is 12.4 Å². The van der Waals surface area contributed by atoms with Gasteiger partial charge < -0.3 is 15.7 Å². The molecular weight excluding hydrogens is 248 g/mol. The van der Waals surface area contributed by atoms with E-state index in [1.165, 1.54) is 29.9 Å². The largest absolute Gasteiger partial charge is 0.480 e. The molecule has 0 spiro atoms. The lowest BCUT2D eigenvalue weighted by Gasteiger charge is -2.13. The number of carboxylic acid groups (broad SMARTS) is 1. The van der Waals surface area contributed by atoms with Crippen molar-refractivity contribution in [2.75, 3.05) is 5.32 Å². The summed E-state index contributed by atoms with van der Waals surface area (Å²) in [6.07, 6.45) is 6.43. The molecular formula is C12H18N4O3. The van der Waals surface area contributed by atoms with Crippen LogP contribution >= 0.6 is 0 Å². The number of hydrogen-bond donors (Lipinski definition) is 3. The molecule has 0 aromatic carbocycles. The number of aliphatic carboxylic acids is 1. The molecule has 19 heavy (non-hydrogen) atoms. The Morgan fingerprint density at radius 1 is 1.58 bits per heavy atom. The molecule has 1 saturated carbocycles. The monoisotopic (exact) mass is 266 g/mol. The minimum absolute atomic E-state index is 0.140. The van der Waals surface area contributed by atoms with E-state index in [1.807, 2.05) is 6.92 Å². The van der Waals surface area contributed by atoms with Crippen molar-refractivity contribution in [3.05, 3.63) is 12.4 Å². The Hall–Kier alpha value is -2.05. The van der Waals surface area contributed by atoms with Crippen LogP contribution in [0.3, 0.4) is 0 Å². The summed E-state index contributed by atoms with van der Waals surface area (Å²) in [7, 11) is 0. The van der Waals surface area contributed by atoms with Gasteiger partial charge in [-0.25, -0.2) is 4.79 Å². The van der Waals surface area contributed by atoms with Crippen LogP contribution in [0.4, 0.5) is 10.5 Å². The van der Waals surface area contributed by atoms with Crippen molar-refractivity contribution in [3.8, 4) is 0 Å². The summed E-state index contributed by atoms with van der Waals surface area (Å²) < 4.78 is 1.26. The Morgan fingerprint density at radius 3 is 2.95 bits per heavy atom. The van der Waals surface area contributed by atoms with Crippen molar-refractivity contribution in [2.24, 2.45) is 5.92 Å².